The number of fused-ring (bicyclic) bond motifs is 3. The van der Waals surface area contributed by atoms with Gasteiger partial charge in [-0.1, -0.05) is 22.9 Å². The summed E-state index contributed by atoms with van der Waals surface area (Å²) in [4.78, 5) is 26.3. The molecule has 3 atom stereocenters. The fourth-order valence-corrected chi connectivity index (χ4v) is 7.05. The molecule has 3 unspecified atom stereocenters. The predicted molar refractivity (Wildman–Crippen MR) is 150 cm³/mol. The number of thiazole rings is 1. The number of carbonyl (C=O) groups is 1. The van der Waals surface area contributed by atoms with Crippen molar-refractivity contribution in [2.24, 2.45) is 0 Å². The molecule has 1 saturated heterocycles. The molecule has 0 aromatic carbocycles. The number of hydrogen-bond acceptors (Lipinski definition) is 11. The van der Waals surface area contributed by atoms with E-state index in [-0.39, 0.29) is 18.1 Å². The normalized spacial score (nSPS) is 25.0. The van der Waals surface area contributed by atoms with Crippen molar-refractivity contribution in [3.63, 3.8) is 0 Å². The third-order valence-corrected chi connectivity index (χ3v) is 9.20. The largest absolute Gasteiger partial charge is 0.464 e. The van der Waals surface area contributed by atoms with Gasteiger partial charge in [0.05, 0.1) is 24.2 Å². The summed E-state index contributed by atoms with van der Waals surface area (Å²) >= 11 is 9.95. The topological polar surface area (TPSA) is 109 Å². The lowest BCUT2D eigenvalue weighted by atomic mass is 10.0. The van der Waals surface area contributed by atoms with Crippen LogP contribution in [0.25, 0.3) is 4.96 Å². The summed E-state index contributed by atoms with van der Waals surface area (Å²) in [6, 6.07) is -0.288. The smallest absolute Gasteiger partial charge is 0.265 e. The second-order valence-electron chi connectivity index (χ2n) is 9.62. The van der Waals surface area contributed by atoms with E-state index in [4.69, 9.17) is 31.2 Å². The van der Waals surface area contributed by atoms with Crippen molar-refractivity contribution in [2.45, 2.75) is 30.5 Å². The first-order chi connectivity index (χ1) is 18.8. The fourth-order valence-electron chi connectivity index (χ4n) is 4.91. The SMILES string of the molecule is Cc1nn2c3c(nc2s1)CCN(C=COC1=CC=CNC1(Cl)C1CNCCO1)C3c1ncc(C(=O)N(C)C)s1. The highest BCUT2D eigenvalue weighted by atomic mass is 35.5. The zero-order valence-corrected chi connectivity index (χ0v) is 24.1. The molecule has 0 saturated carbocycles. The second-order valence-corrected chi connectivity index (χ2v) is 12.4. The van der Waals surface area contributed by atoms with Gasteiger partial charge in [-0.15, -0.1) is 11.3 Å². The van der Waals surface area contributed by atoms with E-state index in [1.54, 1.807) is 49.0 Å². The van der Waals surface area contributed by atoms with Crippen molar-refractivity contribution in [3.05, 3.63) is 69.1 Å². The number of halogens is 1. The minimum Gasteiger partial charge on any atom is -0.464 e. The standard InChI is InChI=1S/C25H29ClN8O3S2/c1-15-31-34-20-16(30-24(34)38-15)6-9-33(21(20)22-28-13-17(39-22)23(35)32(2)3)10-12-37-18-5-4-7-29-25(18,26)19-14-27-8-11-36-19/h4-5,7,10,12-13,19,21,27,29H,6,8-9,11,14H2,1-3H3. The van der Waals surface area contributed by atoms with Crippen molar-refractivity contribution in [1.29, 1.82) is 0 Å². The number of carbonyl (C=O) groups excluding carboxylic acids is 1. The number of rotatable bonds is 6. The number of morpholine rings is 1. The molecular weight excluding hydrogens is 560 g/mol. The van der Waals surface area contributed by atoms with Crippen molar-refractivity contribution in [2.75, 3.05) is 40.3 Å². The Kier molecular flexibility index (Phi) is 7.10. The zero-order chi connectivity index (χ0) is 27.1. The first kappa shape index (κ1) is 26.3. The van der Waals surface area contributed by atoms with Crippen LogP contribution in [0.15, 0.2) is 42.8 Å². The van der Waals surface area contributed by atoms with Crippen LogP contribution in [-0.4, -0.2) is 86.7 Å². The molecule has 1 fully saturated rings. The number of amides is 1. The summed E-state index contributed by atoms with van der Waals surface area (Å²) < 4.78 is 14.0. The highest BCUT2D eigenvalue weighted by Crippen LogP contribution is 2.39. The Balaban J connectivity index is 1.31. The van der Waals surface area contributed by atoms with Crippen LogP contribution in [0.1, 0.15) is 37.1 Å². The molecule has 206 valence electrons. The molecule has 39 heavy (non-hydrogen) atoms. The lowest BCUT2D eigenvalue weighted by Crippen LogP contribution is -2.58. The quantitative estimate of drug-likeness (QED) is 0.255. The van der Waals surface area contributed by atoms with Gasteiger partial charge in [-0.05, 0) is 25.3 Å². The average Bonchev–Trinajstić information content (AvgIpc) is 3.64. The summed E-state index contributed by atoms with van der Waals surface area (Å²) in [5, 5.41) is 13.0. The molecule has 3 aliphatic heterocycles. The lowest BCUT2D eigenvalue weighted by Gasteiger charge is -2.39. The number of nitrogens with zero attached hydrogens (tertiary/aromatic N) is 6. The van der Waals surface area contributed by atoms with E-state index in [2.05, 4.69) is 20.5 Å². The maximum absolute atomic E-state index is 12.6. The van der Waals surface area contributed by atoms with Crippen LogP contribution in [-0.2, 0) is 15.9 Å². The fraction of sp³-hybridized carbons (Fsp3) is 0.440. The maximum Gasteiger partial charge on any atom is 0.265 e. The summed E-state index contributed by atoms with van der Waals surface area (Å²) in [7, 11) is 3.47. The van der Waals surface area contributed by atoms with E-state index in [0.29, 0.717) is 30.3 Å². The molecule has 1 amide bonds. The summed E-state index contributed by atoms with van der Waals surface area (Å²) in [6.45, 7) is 4.63. The van der Waals surface area contributed by atoms with E-state index in [0.717, 1.165) is 39.3 Å². The van der Waals surface area contributed by atoms with E-state index < -0.39 is 5.00 Å². The molecule has 6 rings (SSSR count). The lowest BCUT2D eigenvalue weighted by molar-refractivity contribution is -0.00620. The minimum atomic E-state index is -1.03. The third kappa shape index (κ3) is 4.82. The minimum absolute atomic E-state index is 0.0780. The molecule has 11 nitrogen and oxygen atoms in total. The van der Waals surface area contributed by atoms with Gasteiger partial charge in [0.15, 0.2) is 5.00 Å². The van der Waals surface area contributed by atoms with Gasteiger partial charge in [0.1, 0.15) is 39.1 Å². The van der Waals surface area contributed by atoms with Crippen LogP contribution in [0, 0.1) is 6.92 Å². The van der Waals surface area contributed by atoms with Crippen molar-refractivity contribution >= 4 is 45.1 Å². The first-order valence-electron chi connectivity index (χ1n) is 12.6. The van der Waals surface area contributed by atoms with Gasteiger partial charge in [-0.2, -0.15) is 5.10 Å². The molecule has 0 aliphatic carbocycles. The Labute approximate surface area is 238 Å². The number of ether oxygens (including phenoxy) is 2. The van der Waals surface area contributed by atoms with Gasteiger partial charge in [0, 0.05) is 46.4 Å². The number of alkyl halides is 1. The van der Waals surface area contributed by atoms with Crippen molar-refractivity contribution < 1.29 is 14.3 Å². The van der Waals surface area contributed by atoms with E-state index >= 15 is 0 Å². The Hall–Kier alpha value is -2.97. The molecule has 3 aliphatic rings. The average molecular weight is 589 g/mol. The van der Waals surface area contributed by atoms with Crippen LogP contribution < -0.4 is 10.6 Å². The molecule has 0 radical (unpaired) electrons. The summed E-state index contributed by atoms with van der Waals surface area (Å²) in [5.74, 6) is 0.464. The Morgan fingerprint density at radius 2 is 2.26 bits per heavy atom. The van der Waals surface area contributed by atoms with E-state index in [1.165, 1.54) is 11.3 Å². The van der Waals surface area contributed by atoms with Gasteiger partial charge >= 0.3 is 0 Å². The summed E-state index contributed by atoms with van der Waals surface area (Å²) in [5.41, 5.74) is 1.95. The number of nitrogens with one attached hydrogen (secondary N) is 2. The number of hydrogen-bond donors (Lipinski definition) is 2. The Morgan fingerprint density at radius 1 is 1.38 bits per heavy atom. The number of aryl methyl sites for hydroxylation is 1. The number of dihydropyridines is 1. The molecule has 2 N–H and O–H groups in total. The molecule has 0 bridgehead atoms. The molecule has 0 spiro atoms. The Bertz CT molecular complexity index is 1470. The number of allylic oxidation sites excluding steroid dienone is 2. The third-order valence-electron chi connectivity index (χ3n) is 6.80. The highest BCUT2D eigenvalue weighted by Gasteiger charge is 2.44. The number of aromatic nitrogens is 4. The molecule has 3 aromatic heterocycles. The predicted octanol–water partition coefficient (Wildman–Crippen LogP) is 2.62. The molecule has 14 heteroatoms. The van der Waals surface area contributed by atoms with Gasteiger partial charge in [0.2, 0.25) is 4.96 Å². The van der Waals surface area contributed by atoms with E-state index in [9.17, 15) is 4.79 Å². The monoisotopic (exact) mass is 588 g/mol. The maximum atomic E-state index is 12.6. The Morgan fingerprint density at radius 3 is 3.05 bits per heavy atom. The van der Waals surface area contributed by atoms with Gasteiger partial charge in [0.25, 0.3) is 5.91 Å². The number of imidazole rings is 1. The zero-order valence-electron chi connectivity index (χ0n) is 21.8. The van der Waals surface area contributed by atoms with Gasteiger partial charge < -0.3 is 29.9 Å². The van der Waals surface area contributed by atoms with E-state index in [1.807, 2.05) is 29.8 Å². The van der Waals surface area contributed by atoms with Gasteiger partial charge in [-0.3, -0.25) is 4.79 Å². The molecule has 3 aromatic rings. The van der Waals surface area contributed by atoms with Crippen LogP contribution >= 0.6 is 34.3 Å². The van der Waals surface area contributed by atoms with Crippen LogP contribution in [0.5, 0.6) is 0 Å². The van der Waals surface area contributed by atoms with Crippen molar-refractivity contribution in [1.82, 2.24) is 40.0 Å². The van der Waals surface area contributed by atoms with Crippen LogP contribution in [0.3, 0.4) is 0 Å². The first-order valence-corrected chi connectivity index (χ1v) is 14.6. The van der Waals surface area contributed by atoms with Crippen LogP contribution in [0.4, 0.5) is 0 Å². The molecule has 6 heterocycles. The summed E-state index contributed by atoms with van der Waals surface area (Å²) in [6.07, 6.45) is 11.1. The van der Waals surface area contributed by atoms with Crippen molar-refractivity contribution in [3.8, 4) is 0 Å². The second kappa shape index (κ2) is 10.5. The molecular formula is C25H29ClN8O3S2. The highest BCUT2D eigenvalue weighted by molar-refractivity contribution is 7.16. The van der Waals surface area contributed by atoms with Crippen LogP contribution in [0.2, 0.25) is 0 Å². The van der Waals surface area contributed by atoms with Gasteiger partial charge in [-0.25, -0.2) is 14.5 Å².